The monoisotopic (exact) mass is 381 g/mol. The standard InChI is InChI=1S/C22H27N3O3/c26-22(19-6-9-23-21(16-19)28-20-8-15-27-17-20)25-13-11-24(12-14-25)10-7-18-4-2-1-3-5-18/h1-6,9,16,20H,7-8,10-15,17H2/t20-/m0/s1. The highest BCUT2D eigenvalue weighted by Gasteiger charge is 2.23. The highest BCUT2D eigenvalue weighted by molar-refractivity contribution is 5.94. The Morgan fingerprint density at radius 1 is 1.14 bits per heavy atom. The van der Waals surface area contributed by atoms with Crippen molar-refractivity contribution in [1.29, 1.82) is 0 Å². The van der Waals surface area contributed by atoms with Crippen LogP contribution in [-0.4, -0.2) is 72.7 Å². The first kappa shape index (κ1) is 18.9. The number of pyridine rings is 1. The number of hydrogen-bond donors (Lipinski definition) is 0. The van der Waals surface area contributed by atoms with Crippen molar-refractivity contribution in [2.75, 3.05) is 45.9 Å². The molecule has 4 rings (SSSR count). The molecule has 1 atom stereocenters. The summed E-state index contributed by atoms with van der Waals surface area (Å²) in [5, 5.41) is 0. The Balaban J connectivity index is 1.27. The molecule has 1 aromatic heterocycles. The van der Waals surface area contributed by atoms with Gasteiger partial charge in [0.1, 0.15) is 6.10 Å². The highest BCUT2D eigenvalue weighted by atomic mass is 16.5. The zero-order valence-corrected chi connectivity index (χ0v) is 16.1. The average molecular weight is 381 g/mol. The zero-order chi connectivity index (χ0) is 19.2. The first-order valence-electron chi connectivity index (χ1n) is 10.0. The van der Waals surface area contributed by atoms with Crippen LogP contribution in [0.2, 0.25) is 0 Å². The summed E-state index contributed by atoms with van der Waals surface area (Å²) < 4.78 is 11.2. The molecular weight excluding hydrogens is 354 g/mol. The van der Waals surface area contributed by atoms with E-state index in [-0.39, 0.29) is 12.0 Å². The maximum atomic E-state index is 12.9. The fourth-order valence-corrected chi connectivity index (χ4v) is 3.67. The van der Waals surface area contributed by atoms with E-state index in [0.29, 0.717) is 18.1 Å². The van der Waals surface area contributed by atoms with E-state index >= 15 is 0 Å². The van der Waals surface area contributed by atoms with E-state index in [1.54, 1.807) is 18.3 Å². The number of carbonyl (C=O) groups is 1. The molecule has 0 aliphatic carbocycles. The molecule has 6 heteroatoms. The third-order valence-electron chi connectivity index (χ3n) is 5.38. The van der Waals surface area contributed by atoms with Gasteiger partial charge in [0, 0.05) is 57.0 Å². The lowest BCUT2D eigenvalue weighted by molar-refractivity contribution is 0.0637. The molecule has 6 nitrogen and oxygen atoms in total. The molecule has 2 saturated heterocycles. The third-order valence-corrected chi connectivity index (χ3v) is 5.38. The molecule has 0 unspecified atom stereocenters. The molecule has 0 radical (unpaired) electrons. The van der Waals surface area contributed by atoms with Crippen LogP contribution in [0.1, 0.15) is 22.3 Å². The minimum atomic E-state index is 0.0333. The summed E-state index contributed by atoms with van der Waals surface area (Å²) in [5.74, 6) is 0.556. The molecule has 2 aliphatic heterocycles. The van der Waals surface area contributed by atoms with Crippen molar-refractivity contribution in [1.82, 2.24) is 14.8 Å². The Hall–Kier alpha value is -2.44. The molecule has 0 bridgehead atoms. The van der Waals surface area contributed by atoms with E-state index in [1.165, 1.54) is 5.56 Å². The SMILES string of the molecule is O=C(c1ccnc(O[C@H]2CCOC2)c1)N1CCN(CCc2ccccc2)CC1. The Labute approximate surface area is 166 Å². The molecule has 0 saturated carbocycles. The number of carbonyl (C=O) groups excluding carboxylic acids is 1. The minimum absolute atomic E-state index is 0.0333. The molecule has 3 heterocycles. The van der Waals surface area contributed by atoms with Gasteiger partial charge in [0.05, 0.1) is 13.2 Å². The zero-order valence-electron chi connectivity index (χ0n) is 16.1. The van der Waals surface area contributed by atoms with Crippen molar-refractivity contribution in [3.05, 3.63) is 59.8 Å². The molecule has 0 spiro atoms. The average Bonchev–Trinajstić information content (AvgIpc) is 3.26. The van der Waals surface area contributed by atoms with Gasteiger partial charge in [-0.2, -0.15) is 0 Å². The van der Waals surface area contributed by atoms with Crippen LogP contribution in [0.15, 0.2) is 48.7 Å². The van der Waals surface area contributed by atoms with Crippen molar-refractivity contribution in [3.63, 3.8) is 0 Å². The van der Waals surface area contributed by atoms with Crippen LogP contribution in [0.25, 0.3) is 0 Å². The predicted octanol–water partition coefficient (Wildman–Crippen LogP) is 2.25. The Kier molecular flexibility index (Phi) is 6.19. The summed E-state index contributed by atoms with van der Waals surface area (Å²) in [4.78, 5) is 21.5. The van der Waals surface area contributed by atoms with Gasteiger partial charge in [0.2, 0.25) is 5.88 Å². The molecule has 28 heavy (non-hydrogen) atoms. The molecule has 1 aromatic carbocycles. The third kappa shape index (κ3) is 4.88. The van der Waals surface area contributed by atoms with Crippen molar-refractivity contribution < 1.29 is 14.3 Å². The summed E-state index contributed by atoms with van der Waals surface area (Å²) in [6, 6.07) is 14.1. The van der Waals surface area contributed by atoms with Gasteiger partial charge >= 0.3 is 0 Å². The van der Waals surface area contributed by atoms with Gasteiger partial charge in [-0.3, -0.25) is 9.69 Å². The normalized spacial score (nSPS) is 20.3. The number of piperazine rings is 1. The molecule has 2 aliphatic rings. The van der Waals surface area contributed by atoms with Gasteiger partial charge < -0.3 is 14.4 Å². The minimum Gasteiger partial charge on any atom is -0.472 e. The van der Waals surface area contributed by atoms with Gasteiger partial charge in [0.25, 0.3) is 5.91 Å². The Morgan fingerprint density at radius 2 is 1.96 bits per heavy atom. The predicted molar refractivity (Wildman–Crippen MR) is 107 cm³/mol. The van der Waals surface area contributed by atoms with Crippen LogP contribution < -0.4 is 4.74 Å². The van der Waals surface area contributed by atoms with Crippen LogP contribution in [0, 0.1) is 0 Å². The van der Waals surface area contributed by atoms with Crippen molar-refractivity contribution in [3.8, 4) is 5.88 Å². The molecule has 2 fully saturated rings. The van der Waals surface area contributed by atoms with Crippen molar-refractivity contribution in [2.24, 2.45) is 0 Å². The lowest BCUT2D eigenvalue weighted by Gasteiger charge is -2.34. The maximum absolute atomic E-state index is 12.9. The van der Waals surface area contributed by atoms with Gasteiger partial charge in [-0.05, 0) is 18.1 Å². The van der Waals surface area contributed by atoms with Crippen LogP contribution in [0.5, 0.6) is 5.88 Å². The summed E-state index contributed by atoms with van der Waals surface area (Å²) in [6.07, 6.45) is 3.59. The van der Waals surface area contributed by atoms with Crippen LogP contribution >= 0.6 is 0 Å². The van der Waals surface area contributed by atoms with Crippen LogP contribution in [0.4, 0.5) is 0 Å². The lowest BCUT2D eigenvalue weighted by Crippen LogP contribution is -2.49. The quantitative estimate of drug-likeness (QED) is 0.768. The number of benzene rings is 1. The number of nitrogens with zero attached hydrogens (tertiary/aromatic N) is 3. The van der Waals surface area contributed by atoms with Crippen LogP contribution in [0.3, 0.4) is 0 Å². The Morgan fingerprint density at radius 3 is 2.71 bits per heavy atom. The maximum Gasteiger partial charge on any atom is 0.254 e. The number of hydrogen-bond acceptors (Lipinski definition) is 5. The fourth-order valence-electron chi connectivity index (χ4n) is 3.67. The first-order valence-corrected chi connectivity index (χ1v) is 10.0. The van der Waals surface area contributed by atoms with E-state index in [0.717, 1.165) is 52.2 Å². The molecule has 1 amide bonds. The van der Waals surface area contributed by atoms with Gasteiger partial charge in [-0.15, -0.1) is 0 Å². The van der Waals surface area contributed by atoms with Gasteiger partial charge in [-0.25, -0.2) is 4.98 Å². The number of ether oxygens (including phenoxy) is 2. The summed E-state index contributed by atoms with van der Waals surface area (Å²) in [7, 11) is 0. The van der Waals surface area contributed by atoms with Crippen LogP contribution in [-0.2, 0) is 11.2 Å². The van der Waals surface area contributed by atoms with E-state index in [1.807, 2.05) is 11.0 Å². The second-order valence-electron chi connectivity index (χ2n) is 7.36. The Bertz CT molecular complexity index is 770. The number of rotatable bonds is 6. The summed E-state index contributed by atoms with van der Waals surface area (Å²) in [5.41, 5.74) is 2.00. The van der Waals surface area contributed by atoms with Crippen molar-refractivity contribution in [2.45, 2.75) is 18.9 Å². The molecule has 2 aromatic rings. The second kappa shape index (κ2) is 9.17. The first-order chi connectivity index (χ1) is 13.8. The van der Waals surface area contributed by atoms with E-state index in [4.69, 9.17) is 9.47 Å². The highest BCUT2D eigenvalue weighted by Crippen LogP contribution is 2.17. The largest absolute Gasteiger partial charge is 0.472 e. The van der Waals surface area contributed by atoms with E-state index < -0.39 is 0 Å². The molecule has 0 N–H and O–H groups in total. The molecular formula is C22H27N3O3. The number of aromatic nitrogens is 1. The second-order valence-corrected chi connectivity index (χ2v) is 7.36. The smallest absolute Gasteiger partial charge is 0.254 e. The lowest BCUT2D eigenvalue weighted by atomic mass is 10.1. The number of amides is 1. The van der Waals surface area contributed by atoms with E-state index in [9.17, 15) is 4.79 Å². The van der Waals surface area contributed by atoms with Gasteiger partial charge in [-0.1, -0.05) is 30.3 Å². The summed E-state index contributed by atoms with van der Waals surface area (Å²) in [6.45, 7) is 5.66. The summed E-state index contributed by atoms with van der Waals surface area (Å²) >= 11 is 0. The molecule has 148 valence electrons. The van der Waals surface area contributed by atoms with E-state index in [2.05, 4.69) is 34.1 Å². The fraction of sp³-hybridized carbons (Fsp3) is 0.455. The van der Waals surface area contributed by atoms with Gasteiger partial charge in [0.15, 0.2) is 0 Å². The topological polar surface area (TPSA) is 54.9 Å². The van der Waals surface area contributed by atoms with Crippen molar-refractivity contribution >= 4 is 5.91 Å².